The van der Waals surface area contributed by atoms with Crippen LogP contribution in [0.3, 0.4) is 0 Å². The summed E-state index contributed by atoms with van der Waals surface area (Å²) in [6.07, 6.45) is 4.41. The van der Waals surface area contributed by atoms with Crippen LogP contribution in [0.4, 0.5) is 5.13 Å². The van der Waals surface area contributed by atoms with Crippen LogP contribution in [0.5, 0.6) is 0 Å². The maximum absolute atomic E-state index is 11.6. The highest BCUT2D eigenvalue weighted by Gasteiger charge is 2.13. The number of piperidine rings is 1. The second-order valence-electron chi connectivity index (χ2n) is 4.88. The average molecular weight is 355 g/mol. The second kappa shape index (κ2) is 11.2. The summed E-state index contributed by atoms with van der Waals surface area (Å²) in [5.41, 5.74) is 1.07. The average Bonchev–Trinajstić information content (AvgIpc) is 2.85. The van der Waals surface area contributed by atoms with Gasteiger partial charge in [-0.25, -0.2) is 4.98 Å². The van der Waals surface area contributed by atoms with Crippen LogP contribution in [0.2, 0.25) is 0 Å². The molecule has 0 spiro atoms. The van der Waals surface area contributed by atoms with Crippen molar-refractivity contribution >= 4 is 47.2 Å². The summed E-state index contributed by atoms with van der Waals surface area (Å²) >= 11 is 1.51. The SMILES string of the molecule is CNCCC(=O)Nc1nc(CN2CCCCC2)cs1.Cl.Cl. The zero-order valence-electron chi connectivity index (χ0n) is 12.3. The molecule has 1 fully saturated rings. The van der Waals surface area contributed by atoms with Gasteiger partial charge in [0.15, 0.2) is 5.13 Å². The highest BCUT2D eigenvalue weighted by molar-refractivity contribution is 7.13. The number of nitrogens with zero attached hydrogens (tertiary/aromatic N) is 2. The quantitative estimate of drug-likeness (QED) is 0.823. The van der Waals surface area contributed by atoms with Crippen LogP contribution in [0.1, 0.15) is 31.4 Å². The molecular weight excluding hydrogens is 331 g/mol. The molecule has 2 heterocycles. The molecule has 0 radical (unpaired) electrons. The van der Waals surface area contributed by atoms with E-state index >= 15 is 0 Å². The van der Waals surface area contributed by atoms with Crippen LogP contribution in [-0.4, -0.2) is 42.5 Å². The lowest BCUT2D eigenvalue weighted by Gasteiger charge is -2.25. The number of aromatic nitrogens is 1. The first-order valence-corrected chi connectivity index (χ1v) is 7.77. The molecule has 0 aliphatic carbocycles. The Hall–Kier alpha value is -0.400. The Morgan fingerprint density at radius 3 is 2.71 bits per heavy atom. The predicted octanol–water partition coefficient (Wildman–Crippen LogP) is 2.52. The second-order valence-corrected chi connectivity index (χ2v) is 5.74. The maximum Gasteiger partial charge on any atom is 0.227 e. The molecule has 122 valence electrons. The third kappa shape index (κ3) is 7.42. The van der Waals surface area contributed by atoms with Crippen molar-refractivity contribution in [1.82, 2.24) is 15.2 Å². The van der Waals surface area contributed by atoms with Crippen molar-refractivity contribution in [2.45, 2.75) is 32.2 Å². The molecule has 0 aromatic carbocycles. The van der Waals surface area contributed by atoms with Gasteiger partial charge in [-0.15, -0.1) is 36.2 Å². The maximum atomic E-state index is 11.6. The topological polar surface area (TPSA) is 57.3 Å². The molecule has 5 nitrogen and oxygen atoms in total. The molecule has 1 aromatic rings. The summed E-state index contributed by atoms with van der Waals surface area (Å²) in [5, 5.41) is 8.56. The van der Waals surface area contributed by atoms with Crippen LogP contribution >= 0.6 is 36.2 Å². The Bertz CT molecular complexity index is 411. The van der Waals surface area contributed by atoms with Crippen molar-refractivity contribution in [1.29, 1.82) is 0 Å². The molecule has 2 N–H and O–H groups in total. The van der Waals surface area contributed by atoms with E-state index < -0.39 is 0 Å². The van der Waals surface area contributed by atoms with Gasteiger partial charge in [0.1, 0.15) is 0 Å². The molecule has 2 rings (SSSR count). The van der Waals surface area contributed by atoms with E-state index in [4.69, 9.17) is 0 Å². The van der Waals surface area contributed by atoms with E-state index in [9.17, 15) is 4.79 Å². The fraction of sp³-hybridized carbons (Fsp3) is 0.692. The van der Waals surface area contributed by atoms with Crippen molar-refractivity contribution < 1.29 is 4.79 Å². The first kappa shape index (κ1) is 20.6. The number of hydrogen-bond donors (Lipinski definition) is 2. The first-order chi connectivity index (χ1) is 9.28. The number of carbonyl (C=O) groups is 1. The Balaban J connectivity index is 0.00000200. The van der Waals surface area contributed by atoms with Crippen LogP contribution < -0.4 is 10.6 Å². The van der Waals surface area contributed by atoms with Gasteiger partial charge in [0.05, 0.1) is 5.69 Å². The predicted molar refractivity (Wildman–Crippen MR) is 92.9 cm³/mol. The molecule has 0 atom stereocenters. The van der Waals surface area contributed by atoms with Crippen molar-refractivity contribution in [3.8, 4) is 0 Å². The summed E-state index contributed by atoms with van der Waals surface area (Å²) in [6, 6.07) is 0. The first-order valence-electron chi connectivity index (χ1n) is 6.89. The minimum atomic E-state index is 0. The van der Waals surface area contributed by atoms with Gasteiger partial charge in [-0.3, -0.25) is 9.69 Å². The number of halogens is 2. The van der Waals surface area contributed by atoms with Crippen LogP contribution in [0, 0.1) is 0 Å². The zero-order valence-corrected chi connectivity index (χ0v) is 14.7. The molecule has 0 bridgehead atoms. The summed E-state index contributed by atoms with van der Waals surface area (Å²) in [6.45, 7) is 3.93. The molecule has 0 unspecified atom stereocenters. The van der Waals surface area contributed by atoms with E-state index in [2.05, 4.69) is 20.5 Å². The van der Waals surface area contributed by atoms with E-state index in [-0.39, 0.29) is 30.7 Å². The molecular formula is C13H24Cl2N4OS. The van der Waals surface area contributed by atoms with E-state index in [0.717, 1.165) is 12.2 Å². The van der Waals surface area contributed by atoms with Gasteiger partial charge < -0.3 is 10.6 Å². The number of likely N-dealkylation sites (tertiary alicyclic amines) is 1. The zero-order chi connectivity index (χ0) is 13.5. The monoisotopic (exact) mass is 354 g/mol. The molecule has 0 saturated carbocycles. The number of hydrogen-bond acceptors (Lipinski definition) is 5. The van der Waals surface area contributed by atoms with Gasteiger partial charge in [-0.1, -0.05) is 6.42 Å². The summed E-state index contributed by atoms with van der Waals surface area (Å²) in [7, 11) is 1.84. The third-order valence-electron chi connectivity index (χ3n) is 3.23. The van der Waals surface area contributed by atoms with Crippen molar-refractivity contribution in [3.05, 3.63) is 11.1 Å². The normalized spacial score (nSPS) is 14.9. The van der Waals surface area contributed by atoms with Crippen molar-refractivity contribution in [2.75, 3.05) is 32.0 Å². The number of anilines is 1. The van der Waals surface area contributed by atoms with E-state index in [1.54, 1.807) is 0 Å². The van der Waals surface area contributed by atoms with Crippen LogP contribution in [0.25, 0.3) is 0 Å². The number of nitrogens with one attached hydrogen (secondary N) is 2. The minimum Gasteiger partial charge on any atom is -0.319 e. The van der Waals surface area contributed by atoms with Crippen LogP contribution in [-0.2, 0) is 11.3 Å². The molecule has 1 aromatic heterocycles. The molecule has 1 amide bonds. The highest BCUT2D eigenvalue weighted by Crippen LogP contribution is 2.18. The van der Waals surface area contributed by atoms with Gasteiger partial charge in [0, 0.05) is 24.9 Å². The van der Waals surface area contributed by atoms with Crippen molar-refractivity contribution in [2.24, 2.45) is 0 Å². The molecule has 1 aliphatic rings. The Kier molecular flexibility index (Phi) is 11.0. The Morgan fingerprint density at radius 2 is 2.05 bits per heavy atom. The molecule has 1 saturated heterocycles. The van der Waals surface area contributed by atoms with E-state index in [0.29, 0.717) is 18.1 Å². The lowest BCUT2D eigenvalue weighted by atomic mass is 10.1. The fourth-order valence-corrected chi connectivity index (χ4v) is 2.92. The van der Waals surface area contributed by atoms with E-state index in [1.807, 2.05) is 12.4 Å². The standard InChI is InChI=1S/C13H22N4OS.2ClH/c1-14-6-5-12(18)16-13-15-11(10-19-13)9-17-7-3-2-4-8-17;;/h10,14H,2-9H2,1H3,(H,15,16,18);2*1H. The van der Waals surface area contributed by atoms with Crippen LogP contribution in [0.15, 0.2) is 5.38 Å². The Labute approximate surface area is 142 Å². The lowest BCUT2D eigenvalue weighted by Crippen LogP contribution is -2.29. The number of carbonyl (C=O) groups excluding carboxylic acids is 1. The lowest BCUT2D eigenvalue weighted by molar-refractivity contribution is -0.116. The summed E-state index contributed by atoms with van der Waals surface area (Å²) in [5.74, 6) is 0.0215. The van der Waals surface area contributed by atoms with Gasteiger partial charge in [0.2, 0.25) is 5.91 Å². The third-order valence-corrected chi connectivity index (χ3v) is 4.04. The number of amides is 1. The Morgan fingerprint density at radius 1 is 1.33 bits per heavy atom. The highest BCUT2D eigenvalue weighted by atomic mass is 35.5. The van der Waals surface area contributed by atoms with Gasteiger partial charge in [-0.2, -0.15) is 0 Å². The number of rotatable bonds is 6. The van der Waals surface area contributed by atoms with Crippen molar-refractivity contribution in [3.63, 3.8) is 0 Å². The summed E-state index contributed by atoms with van der Waals surface area (Å²) in [4.78, 5) is 18.5. The molecule has 8 heteroatoms. The minimum absolute atomic E-state index is 0. The van der Waals surface area contributed by atoms with Gasteiger partial charge in [-0.05, 0) is 33.0 Å². The van der Waals surface area contributed by atoms with Gasteiger partial charge in [0.25, 0.3) is 0 Å². The van der Waals surface area contributed by atoms with Gasteiger partial charge >= 0.3 is 0 Å². The fourth-order valence-electron chi connectivity index (χ4n) is 2.20. The number of thiazole rings is 1. The molecule has 21 heavy (non-hydrogen) atoms. The summed E-state index contributed by atoms with van der Waals surface area (Å²) < 4.78 is 0. The largest absolute Gasteiger partial charge is 0.319 e. The molecule has 1 aliphatic heterocycles. The van der Waals surface area contributed by atoms with E-state index in [1.165, 1.54) is 43.7 Å². The smallest absolute Gasteiger partial charge is 0.227 e.